The molecule has 3 rings (SSSR count). The van der Waals surface area contributed by atoms with Gasteiger partial charge in [0.1, 0.15) is 5.75 Å². The Morgan fingerprint density at radius 1 is 1.32 bits per heavy atom. The van der Waals surface area contributed by atoms with E-state index < -0.39 is 0 Å². The molecule has 0 saturated carbocycles. The molecule has 19 heavy (non-hydrogen) atoms. The Morgan fingerprint density at radius 2 is 2.16 bits per heavy atom. The minimum absolute atomic E-state index is 0.198. The molecule has 0 amide bonds. The third-order valence-corrected chi connectivity index (χ3v) is 4.01. The fraction of sp³-hybridized carbons (Fsp3) is 0.375. The summed E-state index contributed by atoms with van der Waals surface area (Å²) in [4.78, 5) is 0. The van der Waals surface area contributed by atoms with E-state index in [1.54, 1.807) is 7.11 Å². The van der Waals surface area contributed by atoms with Gasteiger partial charge in [-0.05, 0) is 61.6 Å². The summed E-state index contributed by atoms with van der Waals surface area (Å²) >= 11 is 0. The normalized spacial score (nSPS) is 18.2. The first kappa shape index (κ1) is 12.3. The number of benzene rings is 1. The van der Waals surface area contributed by atoms with E-state index in [1.807, 2.05) is 6.07 Å². The van der Waals surface area contributed by atoms with E-state index in [2.05, 4.69) is 35.9 Å². The van der Waals surface area contributed by atoms with Crippen LogP contribution >= 0.6 is 0 Å². The third-order valence-electron chi connectivity index (χ3n) is 4.01. The van der Waals surface area contributed by atoms with Crippen molar-refractivity contribution in [1.29, 1.82) is 0 Å². The highest BCUT2D eigenvalue weighted by Gasteiger charge is 2.20. The maximum atomic E-state index is 6.18. The van der Waals surface area contributed by atoms with Gasteiger partial charge in [0.15, 0.2) is 0 Å². The molecule has 0 radical (unpaired) electrons. The number of nitrogens with two attached hydrogens (primary N) is 1. The molecule has 1 aliphatic carbocycles. The highest BCUT2D eigenvalue weighted by atomic mass is 16.5. The molecular formula is C16H20N2O. The summed E-state index contributed by atoms with van der Waals surface area (Å²) < 4.78 is 7.58. The molecular weight excluding hydrogens is 236 g/mol. The molecule has 1 aliphatic rings. The Morgan fingerprint density at radius 3 is 2.89 bits per heavy atom. The second-order valence-electron chi connectivity index (χ2n) is 5.24. The number of nitrogens with zero attached hydrogens (tertiary/aromatic N) is 1. The van der Waals surface area contributed by atoms with E-state index >= 15 is 0 Å². The lowest BCUT2D eigenvalue weighted by Crippen LogP contribution is -2.17. The Bertz CT molecular complexity index is 601. The van der Waals surface area contributed by atoms with Gasteiger partial charge in [0.2, 0.25) is 0 Å². The van der Waals surface area contributed by atoms with E-state index in [0.717, 1.165) is 24.2 Å². The van der Waals surface area contributed by atoms with E-state index in [0.29, 0.717) is 0 Å². The van der Waals surface area contributed by atoms with E-state index in [1.165, 1.54) is 23.4 Å². The van der Waals surface area contributed by atoms with Crippen LogP contribution in [-0.4, -0.2) is 11.7 Å². The third kappa shape index (κ3) is 2.04. The summed E-state index contributed by atoms with van der Waals surface area (Å²) in [5, 5.41) is 0. The zero-order valence-electron chi connectivity index (χ0n) is 11.5. The van der Waals surface area contributed by atoms with Crippen LogP contribution in [0.1, 0.15) is 35.7 Å². The van der Waals surface area contributed by atoms with Crippen LogP contribution < -0.4 is 10.5 Å². The van der Waals surface area contributed by atoms with E-state index in [-0.39, 0.29) is 6.04 Å². The molecule has 1 unspecified atom stereocenters. The molecule has 1 atom stereocenters. The van der Waals surface area contributed by atoms with Gasteiger partial charge in [-0.25, -0.2) is 0 Å². The fourth-order valence-corrected chi connectivity index (χ4v) is 2.98. The molecule has 2 N–H and O–H groups in total. The second kappa shape index (κ2) is 4.74. The number of rotatable bonds is 2. The predicted molar refractivity (Wildman–Crippen MR) is 76.9 cm³/mol. The lowest BCUT2D eigenvalue weighted by molar-refractivity contribution is 0.411. The van der Waals surface area contributed by atoms with Crippen LogP contribution in [0.15, 0.2) is 30.5 Å². The molecule has 100 valence electrons. The minimum atomic E-state index is 0.198. The maximum absolute atomic E-state index is 6.18. The van der Waals surface area contributed by atoms with Crippen LogP contribution in [0.25, 0.3) is 5.69 Å². The minimum Gasteiger partial charge on any atom is -0.496 e. The monoisotopic (exact) mass is 256 g/mol. The van der Waals surface area contributed by atoms with Crippen molar-refractivity contribution in [2.45, 2.75) is 32.2 Å². The van der Waals surface area contributed by atoms with Crippen molar-refractivity contribution in [3.05, 3.63) is 47.3 Å². The highest BCUT2D eigenvalue weighted by molar-refractivity contribution is 5.46. The van der Waals surface area contributed by atoms with Crippen molar-refractivity contribution in [3.8, 4) is 11.4 Å². The first-order chi connectivity index (χ1) is 9.20. The van der Waals surface area contributed by atoms with Gasteiger partial charge >= 0.3 is 0 Å². The van der Waals surface area contributed by atoms with Crippen LogP contribution in [0.4, 0.5) is 0 Å². The highest BCUT2D eigenvalue weighted by Crippen LogP contribution is 2.31. The van der Waals surface area contributed by atoms with Crippen LogP contribution in [-0.2, 0) is 6.42 Å². The zero-order valence-corrected chi connectivity index (χ0v) is 11.5. The summed E-state index contributed by atoms with van der Waals surface area (Å²) in [6.07, 6.45) is 5.52. The molecule has 0 aliphatic heterocycles. The molecule has 0 saturated heterocycles. The van der Waals surface area contributed by atoms with Gasteiger partial charge in [-0.2, -0.15) is 0 Å². The maximum Gasteiger partial charge on any atom is 0.121 e. The predicted octanol–water partition coefficient (Wildman–Crippen LogP) is 3.13. The lowest BCUT2D eigenvalue weighted by Gasteiger charge is -2.21. The first-order valence-corrected chi connectivity index (χ1v) is 6.81. The molecule has 0 bridgehead atoms. The fourth-order valence-electron chi connectivity index (χ4n) is 2.98. The van der Waals surface area contributed by atoms with Crippen LogP contribution in [0, 0.1) is 6.92 Å². The topological polar surface area (TPSA) is 40.2 Å². The summed E-state index contributed by atoms with van der Waals surface area (Å²) in [5.41, 5.74) is 11.2. The Balaban J connectivity index is 2.05. The van der Waals surface area contributed by atoms with Crippen LogP contribution in [0.5, 0.6) is 5.75 Å². The molecule has 0 spiro atoms. The summed E-state index contributed by atoms with van der Waals surface area (Å²) in [6.45, 7) is 2.07. The van der Waals surface area contributed by atoms with Crippen LogP contribution in [0.2, 0.25) is 0 Å². The molecule has 1 aromatic heterocycles. The van der Waals surface area contributed by atoms with Crippen molar-refractivity contribution >= 4 is 0 Å². The van der Waals surface area contributed by atoms with Crippen LogP contribution in [0.3, 0.4) is 0 Å². The second-order valence-corrected chi connectivity index (χ2v) is 5.24. The average Bonchev–Trinajstić information content (AvgIpc) is 2.84. The van der Waals surface area contributed by atoms with E-state index in [4.69, 9.17) is 10.5 Å². The number of hydrogen-bond donors (Lipinski definition) is 1. The number of fused-ring (bicyclic) bond motifs is 1. The number of aromatic nitrogens is 1. The van der Waals surface area contributed by atoms with Gasteiger partial charge in [0, 0.05) is 23.6 Å². The molecule has 1 heterocycles. The number of hydrogen-bond acceptors (Lipinski definition) is 2. The standard InChI is InChI=1S/C16H20N2O/c1-11-10-12(6-7-16(11)19-2)18-9-8-13-14(17)4-3-5-15(13)18/h6-10,14H,3-5,17H2,1-2H3. The van der Waals surface area contributed by atoms with Crippen molar-refractivity contribution in [2.75, 3.05) is 7.11 Å². The van der Waals surface area contributed by atoms with Gasteiger partial charge < -0.3 is 15.0 Å². The smallest absolute Gasteiger partial charge is 0.121 e. The number of ether oxygens (including phenoxy) is 1. The molecule has 0 fully saturated rings. The molecule has 3 heteroatoms. The van der Waals surface area contributed by atoms with Crippen molar-refractivity contribution in [3.63, 3.8) is 0 Å². The van der Waals surface area contributed by atoms with Gasteiger partial charge in [0.05, 0.1) is 7.11 Å². The SMILES string of the molecule is COc1ccc(-n2ccc3c2CCCC3N)cc1C. The van der Waals surface area contributed by atoms with E-state index in [9.17, 15) is 0 Å². The van der Waals surface area contributed by atoms with Gasteiger partial charge in [-0.1, -0.05) is 0 Å². The van der Waals surface area contributed by atoms with Gasteiger partial charge in [0.25, 0.3) is 0 Å². The zero-order chi connectivity index (χ0) is 13.4. The first-order valence-electron chi connectivity index (χ1n) is 6.81. The quantitative estimate of drug-likeness (QED) is 0.896. The molecule has 2 aromatic rings. The van der Waals surface area contributed by atoms with Crippen molar-refractivity contribution in [2.24, 2.45) is 5.73 Å². The Kier molecular flexibility index (Phi) is 3.07. The Hall–Kier alpha value is -1.74. The average molecular weight is 256 g/mol. The molecule has 1 aromatic carbocycles. The lowest BCUT2D eigenvalue weighted by atomic mass is 9.93. The molecule has 3 nitrogen and oxygen atoms in total. The number of aryl methyl sites for hydroxylation is 1. The van der Waals surface area contributed by atoms with Crippen molar-refractivity contribution in [1.82, 2.24) is 4.57 Å². The van der Waals surface area contributed by atoms with Gasteiger partial charge in [-0.15, -0.1) is 0 Å². The van der Waals surface area contributed by atoms with Gasteiger partial charge in [-0.3, -0.25) is 0 Å². The van der Waals surface area contributed by atoms with Crippen molar-refractivity contribution < 1.29 is 4.74 Å². The summed E-state index contributed by atoms with van der Waals surface area (Å²) in [5.74, 6) is 0.932. The number of methoxy groups -OCH3 is 1. The summed E-state index contributed by atoms with van der Waals surface area (Å²) in [6, 6.07) is 8.66. The summed E-state index contributed by atoms with van der Waals surface area (Å²) in [7, 11) is 1.71. The largest absolute Gasteiger partial charge is 0.496 e. The Labute approximate surface area is 114 Å².